The number of hydrogen-bond acceptors (Lipinski definition) is 4. The monoisotopic (exact) mass is 393 g/mol. The molecule has 4 rings (SSSR count). The van der Waals surface area contributed by atoms with Crippen LogP contribution in [-0.4, -0.2) is 35.4 Å². The van der Waals surface area contributed by atoms with Gasteiger partial charge >= 0.3 is 0 Å². The topological polar surface area (TPSA) is 36.4 Å². The molecule has 0 spiro atoms. The van der Waals surface area contributed by atoms with E-state index in [2.05, 4.69) is 60.2 Å². The summed E-state index contributed by atoms with van der Waals surface area (Å²) in [5.41, 5.74) is 3.54. The number of amides is 1. The number of aromatic nitrogens is 1. The molecule has 1 aromatic heterocycles. The summed E-state index contributed by atoms with van der Waals surface area (Å²) in [6, 6.07) is 16.9. The molecule has 28 heavy (non-hydrogen) atoms. The van der Waals surface area contributed by atoms with Crippen LogP contribution in [0.5, 0.6) is 0 Å². The summed E-state index contributed by atoms with van der Waals surface area (Å²) in [5, 5.41) is 1.13. The van der Waals surface area contributed by atoms with Crippen LogP contribution >= 0.6 is 11.3 Å². The first-order chi connectivity index (χ1) is 13.7. The van der Waals surface area contributed by atoms with E-state index in [1.165, 1.54) is 16.0 Å². The van der Waals surface area contributed by atoms with Gasteiger partial charge in [0.15, 0.2) is 0 Å². The Bertz CT molecular complexity index is 934. The van der Waals surface area contributed by atoms with E-state index in [4.69, 9.17) is 4.98 Å². The van der Waals surface area contributed by atoms with Gasteiger partial charge in [-0.3, -0.25) is 4.79 Å². The first kappa shape index (κ1) is 18.9. The average Bonchev–Trinajstić information content (AvgIpc) is 3.06. The summed E-state index contributed by atoms with van der Waals surface area (Å²) < 4.78 is 1.22. The number of nitrogens with zero attached hydrogens (tertiary/aromatic N) is 3. The predicted molar refractivity (Wildman–Crippen MR) is 117 cm³/mol. The van der Waals surface area contributed by atoms with Gasteiger partial charge in [-0.05, 0) is 43.0 Å². The quantitative estimate of drug-likeness (QED) is 0.620. The van der Waals surface area contributed by atoms with Gasteiger partial charge in [0.25, 0.3) is 0 Å². The summed E-state index contributed by atoms with van der Waals surface area (Å²) in [5.74, 6) is 0.262. The normalized spacial score (nSPS) is 16.9. The van der Waals surface area contributed by atoms with Gasteiger partial charge < -0.3 is 9.80 Å². The van der Waals surface area contributed by atoms with Crippen molar-refractivity contribution in [2.24, 2.45) is 0 Å². The molecule has 2 aromatic carbocycles. The molecule has 0 saturated heterocycles. The maximum atomic E-state index is 13.1. The van der Waals surface area contributed by atoms with E-state index in [9.17, 15) is 4.79 Å². The highest BCUT2D eigenvalue weighted by Gasteiger charge is 2.28. The fraction of sp³-hybridized carbons (Fsp3) is 0.391. The molecule has 4 nitrogen and oxygen atoms in total. The van der Waals surface area contributed by atoms with Crippen molar-refractivity contribution < 1.29 is 4.79 Å². The van der Waals surface area contributed by atoms with Crippen LogP contribution in [0.2, 0.25) is 0 Å². The van der Waals surface area contributed by atoms with Crippen molar-refractivity contribution >= 4 is 33.1 Å². The van der Waals surface area contributed by atoms with Gasteiger partial charge in [-0.25, -0.2) is 4.98 Å². The minimum absolute atomic E-state index is 0.257. The Kier molecular flexibility index (Phi) is 5.62. The first-order valence-corrected chi connectivity index (χ1v) is 10.9. The molecule has 5 heteroatoms. The molecule has 3 aromatic rings. The number of benzene rings is 2. The number of aryl methyl sites for hydroxylation is 1. The predicted octanol–water partition coefficient (Wildman–Crippen LogP) is 4.88. The zero-order chi connectivity index (χ0) is 19.5. The molecule has 1 atom stereocenters. The van der Waals surface area contributed by atoms with Crippen molar-refractivity contribution in [3.63, 3.8) is 0 Å². The van der Waals surface area contributed by atoms with E-state index < -0.39 is 0 Å². The van der Waals surface area contributed by atoms with Crippen molar-refractivity contribution in [1.29, 1.82) is 0 Å². The van der Waals surface area contributed by atoms with Crippen LogP contribution in [0.15, 0.2) is 48.5 Å². The molecule has 0 N–H and O–H groups in total. The lowest BCUT2D eigenvalue weighted by Crippen LogP contribution is -2.43. The first-order valence-electron chi connectivity index (χ1n) is 10.1. The van der Waals surface area contributed by atoms with E-state index in [0.29, 0.717) is 13.0 Å². The number of carbonyl (C=O) groups excluding carboxylic acids is 1. The molecule has 2 heterocycles. The Labute approximate surface area is 170 Å². The van der Waals surface area contributed by atoms with Crippen molar-refractivity contribution in [2.45, 2.75) is 45.2 Å². The van der Waals surface area contributed by atoms with Crippen LogP contribution in [0.4, 0.5) is 5.69 Å². The Morgan fingerprint density at radius 1 is 1.18 bits per heavy atom. The third-order valence-electron chi connectivity index (χ3n) is 5.58. The van der Waals surface area contributed by atoms with Crippen LogP contribution < -0.4 is 4.90 Å². The van der Waals surface area contributed by atoms with Gasteiger partial charge in [-0.1, -0.05) is 37.3 Å². The standard InChI is InChI=1S/C23H27N3OS/c1-3-18-16-25(2)20-11-6-4-9-17(20)15-26(18)23(27)14-8-13-22-24-19-10-5-7-12-21(19)28-22/h4-7,9-12,18H,3,8,13-16H2,1-2H3. The Balaban J connectivity index is 1.42. The number of fused-ring (bicyclic) bond motifs is 2. The lowest BCUT2D eigenvalue weighted by molar-refractivity contribution is -0.134. The van der Waals surface area contributed by atoms with Crippen LogP contribution in [0, 0.1) is 0 Å². The number of para-hydroxylation sites is 2. The SMILES string of the molecule is CCC1CN(C)c2ccccc2CN1C(=O)CCCc1nc2ccccc2s1. The van der Waals surface area contributed by atoms with Crippen molar-refractivity contribution in [3.8, 4) is 0 Å². The number of carbonyl (C=O) groups is 1. The molecule has 0 bridgehead atoms. The smallest absolute Gasteiger partial charge is 0.223 e. The molecular weight excluding hydrogens is 366 g/mol. The summed E-state index contributed by atoms with van der Waals surface area (Å²) >= 11 is 1.74. The lowest BCUT2D eigenvalue weighted by Gasteiger charge is -2.30. The number of hydrogen-bond donors (Lipinski definition) is 0. The van der Waals surface area contributed by atoms with Crippen LogP contribution in [0.1, 0.15) is 36.8 Å². The molecule has 0 fully saturated rings. The third-order valence-corrected chi connectivity index (χ3v) is 6.68. The number of rotatable bonds is 5. The fourth-order valence-corrected chi connectivity index (χ4v) is 5.05. The van der Waals surface area contributed by atoms with Crippen LogP contribution in [-0.2, 0) is 17.8 Å². The van der Waals surface area contributed by atoms with E-state index >= 15 is 0 Å². The van der Waals surface area contributed by atoms with Gasteiger partial charge in [0.2, 0.25) is 5.91 Å². The highest BCUT2D eigenvalue weighted by Crippen LogP contribution is 2.28. The van der Waals surface area contributed by atoms with Gasteiger partial charge in [0, 0.05) is 38.3 Å². The average molecular weight is 394 g/mol. The largest absolute Gasteiger partial charge is 0.372 e. The van der Waals surface area contributed by atoms with E-state index in [1.54, 1.807) is 11.3 Å². The van der Waals surface area contributed by atoms with E-state index in [0.717, 1.165) is 36.3 Å². The van der Waals surface area contributed by atoms with Crippen LogP contribution in [0.25, 0.3) is 10.2 Å². The maximum absolute atomic E-state index is 13.1. The molecule has 0 radical (unpaired) electrons. The zero-order valence-corrected chi connectivity index (χ0v) is 17.4. The van der Waals surface area contributed by atoms with E-state index in [-0.39, 0.29) is 11.9 Å². The maximum Gasteiger partial charge on any atom is 0.223 e. The summed E-state index contributed by atoms with van der Waals surface area (Å²) in [6.45, 7) is 3.77. The molecule has 1 aliphatic rings. The van der Waals surface area contributed by atoms with E-state index in [1.807, 2.05) is 12.1 Å². The minimum Gasteiger partial charge on any atom is -0.372 e. The van der Waals surface area contributed by atoms with Crippen molar-refractivity contribution in [2.75, 3.05) is 18.5 Å². The summed E-state index contributed by atoms with van der Waals surface area (Å²) in [7, 11) is 2.13. The summed E-state index contributed by atoms with van der Waals surface area (Å²) in [6.07, 6.45) is 3.27. The fourth-order valence-electron chi connectivity index (χ4n) is 4.05. The van der Waals surface area contributed by atoms with Gasteiger partial charge in [0.1, 0.15) is 0 Å². The van der Waals surface area contributed by atoms with Gasteiger partial charge in [-0.15, -0.1) is 11.3 Å². The van der Waals surface area contributed by atoms with Crippen LogP contribution in [0.3, 0.4) is 0 Å². The Morgan fingerprint density at radius 3 is 2.79 bits per heavy atom. The van der Waals surface area contributed by atoms with Crippen molar-refractivity contribution in [3.05, 3.63) is 59.1 Å². The molecule has 0 aliphatic carbocycles. The highest BCUT2D eigenvalue weighted by atomic mass is 32.1. The second kappa shape index (κ2) is 8.31. The number of likely N-dealkylation sites (N-methyl/N-ethyl adjacent to an activating group) is 1. The van der Waals surface area contributed by atoms with Gasteiger partial charge in [-0.2, -0.15) is 0 Å². The summed E-state index contributed by atoms with van der Waals surface area (Å²) in [4.78, 5) is 22.2. The lowest BCUT2D eigenvalue weighted by atomic mass is 10.1. The Morgan fingerprint density at radius 2 is 1.96 bits per heavy atom. The number of thiazole rings is 1. The van der Waals surface area contributed by atoms with Crippen molar-refractivity contribution in [1.82, 2.24) is 9.88 Å². The molecular formula is C23H27N3OS. The number of anilines is 1. The highest BCUT2D eigenvalue weighted by molar-refractivity contribution is 7.18. The molecule has 1 amide bonds. The zero-order valence-electron chi connectivity index (χ0n) is 16.6. The molecule has 146 valence electrons. The molecule has 0 saturated carbocycles. The Hall–Kier alpha value is -2.40. The second-order valence-corrected chi connectivity index (χ2v) is 8.64. The second-order valence-electron chi connectivity index (χ2n) is 7.52. The minimum atomic E-state index is 0.257. The molecule has 1 unspecified atom stereocenters. The van der Waals surface area contributed by atoms with Gasteiger partial charge in [0.05, 0.1) is 15.2 Å². The molecule has 1 aliphatic heterocycles. The third kappa shape index (κ3) is 3.90.